The fourth-order valence-corrected chi connectivity index (χ4v) is 4.18. The van der Waals surface area contributed by atoms with Crippen molar-refractivity contribution in [1.29, 1.82) is 0 Å². The summed E-state index contributed by atoms with van der Waals surface area (Å²) in [5, 5.41) is 18.3. The second-order valence-corrected chi connectivity index (χ2v) is 7.40. The van der Waals surface area contributed by atoms with E-state index in [-0.39, 0.29) is 21.6 Å². The Morgan fingerprint density at radius 3 is 2.43 bits per heavy atom. The van der Waals surface area contributed by atoms with E-state index in [4.69, 9.17) is 21.4 Å². The first-order valence-electron chi connectivity index (χ1n) is 8.51. The molecule has 0 aliphatic heterocycles. The van der Waals surface area contributed by atoms with E-state index in [0.717, 1.165) is 11.3 Å². The molecule has 0 atom stereocenters. The largest absolute Gasteiger partial charge is 0.479 e. The fourth-order valence-electron chi connectivity index (χ4n) is 2.78. The number of carboxylic acid groups (broad SMARTS) is 2. The molecule has 154 valence electrons. The van der Waals surface area contributed by atoms with Crippen LogP contribution in [0.1, 0.15) is 16.6 Å². The lowest BCUT2D eigenvalue weighted by atomic mass is 10.1. The molecule has 0 radical (unpaired) electrons. The molecule has 0 aliphatic carbocycles. The van der Waals surface area contributed by atoms with Gasteiger partial charge in [-0.3, -0.25) is 14.7 Å². The molecule has 0 aliphatic rings. The zero-order chi connectivity index (χ0) is 21.8. The van der Waals surface area contributed by atoms with Gasteiger partial charge in [0.15, 0.2) is 17.2 Å². The lowest BCUT2D eigenvalue weighted by molar-refractivity contribution is -0.139. The molecule has 1 amide bonds. The number of benzene rings is 1. The molecule has 2 heterocycles. The lowest BCUT2D eigenvalue weighted by Gasteiger charge is -2.21. The molecular formula is C20H15ClN2O6S. The topological polar surface area (TPSA) is 117 Å². The molecular weight excluding hydrogens is 432 g/mol. The first-order chi connectivity index (χ1) is 14.3. The van der Waals surface area contributed by atoms with Crippen molar-refractivity contribution in [2.45, 2.75) is 6.92 Å². The number of amides is 1. The highest BCUT2D eigenvalue weighted by atomic mass is 35.5. The third-order valence-corrected chi connectivity index (χ3v) is 5.63. The number of carbonyl (C=O) groups is 3. The van der Waals surface area contributed by atoms with E-state index >= 15 is 0 Å². The van der Waals surface area contributed by atoms with E-state index in [9.17, 15) is 19.5 Å². The monoisotopic (exact) mass is 446 g/mol. The minimum absolute atomic E-state index is 0.00548. The molecule has 0 bridgehead atoms. The molecule has 3 rings (SSSR count). The SMILES string of the molecule is CC(=O)N(c1ccncc1)c1cccc(-c2sc(C(=O)O)c(OCC(=O)O)c2Cl)c1. The minimum atomic E-state index is -1.29. The van der Waals surface area contributed by atoms with E-state index < -0.39 is 18.5 Å². The van der Waals surface area contributed by atoms with E-state index in [0.29, 0.717) is 21.8 Å². The van der Waals surface area contributed by atoms with Crippen LogP contribution in [0.15, 0.2) is 48.8 Å². The second kappa shape index (κ2) is 8.93. The molecule has 0 unspecified atom stereocenters. The van der Waals surface area contributed by atoms with Crippen molar-refractivity contribution in [3.63, 3.8) is 0 Å². The molecule has 30 heavy (non-hydrogen) atoms. The number of thiophene rings is 1. The number of carboxylic acids is 2. The van der Waals surface area contributed by atoms with Crippen molar-refractivity contribution >= 4 is 52.2 Å². The summed E-state index contributed by atoms with van der Waals surface area (Å²) in [5.74, 6) is -2.97. The van der Waals surface area contributed by atoms with Crippen molar-refractivity contribution in [2.75, 3.05) is 11.5 Å². The molecule has 2 N–H and O–H groups in total. The normalized spacial score (nSPS) is 10.5. The van der Waals surface area contributed by atoms with Gasteiger partial charge in [-0.15, -0.1) is 11.3 Å². The third-order valence-electron chi connectivity index (χ3n) is 3.95. The summed E-state index contributed by atoms with van der Waals surface area (Å²) in [4.78, 5) is 40.3. The van der Waals surface area contributed by atoms with Gasteiger partial charge in [0.2, 0.25) is 5.91 Å². The predicted molar refractivity (Wildman–Crippen MR) is 112 cm³/mol. The van der Waals surface area contributed by atoms with E-state index in [1.165, 1.54) is 11.8 Å². The van der Waals surface area contributed by atoms with Crippen molar-refractivity contribution in [1.82, 2.24) is 4.98 Å². The Balaban J connectivity index is 2.07. The Morgan fingerprint density at radius 2 is 1.83 bits per heavy atom. The molecule has 8 nitrogen and oxygen atoms in total. The minimum Gasteiger partial charge on any atom is -0.479 e. The van der Waals surface area contributed by atoms with Gasteiger partial charge in [0.1, 0.15) is 5.02 Å². The smallest absolute Gasteiger partial charge is 0.349 e. The highest BCUT2D eigenvalue weighted by Gasteiger charge is 2.25. The van der Waals surface area contributed by atoms with Gasteiger partial charge in [-0.05, 0) is 29.8 Å². The quantitative estimate of drug-likeness (QED) is 0.555. The Bertz CT molecular complexity index is 1120. The molecule has 0 saturated heterocycles. The van der Waals surface area contributed by atoms with Gasteiger partial charge in [-0.1, -0.05) is 23.7 Å². The standard InChI is InChI=1S/C20H15ClN2O6S/c1-11(24)23(13-5-7-22-8-6-13)14-4-2-3-12(9-14)18-16(21)17(29-10-15(25)26)19(30-18)20(27)28/h2-9H,10H2,1H3,(H,25,26)(H,27,28). The number of ether oxygens (including phenoxy) is 1. The van der Waals surface area contributed by atoms with Gasteiger partial charge in [-0.25, -0.2) is 9.59 Å². The van der Waals surface area contributed by atoms with Crippen LogP contribution in [0.3, 0.4) is 0 Å². The van der Waals surface area contributed by atoms with Crippen LogP contribution in [0.5, 0.6) is 5.75 Å². The molecule has 0 fully saturated rings. The van der Waals surface area contributed by atoms with Crippen LogP contribution in [0.4, 0.5) is 11.4 Å². The van der Waals surface area contributed by atoms with E-state index in [1.54, 1.807) is 48.8 Å². The molecule has 2 aromatic heterocycles. The molecule has 3 aromatic rings. The summed E-state index contributed by atoms with van der Waals surface area (Å²) in [7, 11) is 0. The molecule has 0 saturated carbocycles. The Labute approximate surface area is 179 Å². The maximum absolute atomic E-state index is 12.3. The number of hydrogen-bond donors (Lipinski definition) is 2. The fraction of sp³-hybridized carbons (Fsp3) is 0.100. The molecule has 0 spiro atoms. The lowest BCUT2D eigenvalue weighted by Crippen LogP contribution is -2.22. The van der Waals surface area contributed by atoms with Crippen LogP contribution in [0.2, 0.25) is 5.02 Å². The Morgan fingerprint density at radius 1 is 1.13 bits per heavy atom. The Kier molecular flexibility index (Phi) is 6.34. The highest BCUT2D eigenvalue weighted by Crippen LogP contribution is 2.46. The number of pyridine rings is 1. The van der Waals surface area contributed by atoms with Crippen LogP contribution >= 0.6 is 22.9 Å². The Hall–Kier alpha value is -3.43. The number of aromatic carboxylic acids is 1. The van der Waals surface area contributed by atoms with Crippen molar-refractivity contribution in [2.24, 2.45) is 0 Å². The average Bonchev–Trinajstić information content (AvgIpc) is 3.04. The number of aromatic nitrogens is 1. The van der Waals surface area contributed by atoms with Crippen molar-refractivity contribution < 1.29 is 29.3 Å². The molecule has 10 heteroatoms. The summed E-state index contributed by atoms with van der Waals surface area (Å²) in [6.45, 7) is 0.696. The summed E-state index contributed by atoms with van der Waals surface area (Å²) < 4.78 is 5.10. The number of aliphatic carboxylic acids is 1. The third kappa shape index (κ3) is 4.42. The van der Waals surface area contributed by atoms with Crippen molar-refractivity contribution in [3.8, 4) is 16.2 Å². The number of nitrogens with zero attached hydrogens (tertiary/aromatic N) is 2. The van der Waals surface area contributed by atoms with Gasteiger partial charge >= 0.3 is 11.9 Å². The summed E-state index contributed by atoms with van der Waals surface area (Å²) in [5.41, 5.74) is 1.71. The zero-order valence-corrected chi connectivity index (χ0v) is 17.1. The second-order valence-electron chi connectivity index (χ2n) is 6.00. The summed E-state index contributed by atoms with van der Waals surface area (Å²) in [6, 6.07) is 10.2. The number of hydrogen-bond acceptors (Lipinski definition) is 6. The number of halogens is 1. The van der Waals surface area contributed by atoms with Crippen LogP contribution in [0.25, 0.3) is 10.4 Å². The van der Waals surface area contributed by atoms with Crippen LogP contribution in [0, 0.1) is 0 Å². The summed E-state index contributed by atoms with van der Waals surface area (Å²) >= 11 is 7.20. The maximum Gasteiger partial charge on any atom is 0.349 e. The maximum atomic E-state index is 12.3. The van der Waals surface area contributed by atoms with Crippen molar-refractivity contribution in [3.05, 3.63) is 58.7 Å². The van der Waals surface area contributed by atoms with Gasteiger partial charge in [0, 0.05) is 25.0 Å². The first-order valence-corrected chi connectivity index (χ1v) is 9.70. The van der Waals surface area contributed by atoms with E-state index in [1.807, 2.05) is 0 Å². The van der Waals surface area contributed by atoms with Gasteiger partial charge < -0.3 is 14.9 Å². The predicted octanol–water partition coefficient (Wildman–Crippen LogP) is 4.31. The number of rotatable bonds is 7. The first kappa shape index (κ1) is 21.3. The van der Waals surface area contributed by atoms with Gasteiger partial charge in [0.25, 0.3) is 0 Å². The van der Waals surface area contributed by atoms with Gasteiger partial charge in [-0.2, -0.15) is 0 Å². The van der Waals surface area contributed by atoms with Crippen LogP contribution < -0.4 is 9.64 Å². The number of anilines is 2. The highest BCUT2D eigenvalue weighted by molar-refractivity contribution is 7.18. The summed E-state index contributed by atoms with van der Waals surface area (Å²) in [6.07, 6.45) is 3.13. The van der Waals surface area contributed by atoms with Crippen LogP contribution in [-0.4, -0.2) is 39.6 Å². The average molecular weight is 447 g/mol. The van der Waals surface area contributed by atoms with E-state index in [2.05, 4.69) is 4.98 Å². The molecule has 1 aromatic carbocycles. The van der Waals surface area contributed by atoms with Gasteiger partial charge in [0.05, 0.1) is 10.6 Å². The number of carbonyl (C=O) groups excluding carboxylic acids is 1. The zero-order valence-electron chi connectivity index (χ0n) is 15.5. The van der Waals surface area contributed by atoms with Crippen LogP contribution in [-0.2, 0) is 9.59 Å².